The van der Waals surface area contributed by atoms with Gasteiger partial charge in [-0.1, -0.05) is 35.3 Å². The van der Waals surface area contributed by atoms with Gasteiger partial charge in [0.1, 0.15) is 18.2 Å². The predicted molar refractivity (Wildman–Crippen MR) is 140 cm³/mol. The van der Waals surface area contributed by atoms with Crippen LogP contribution in [-0.4, -0.2) is 12.5 Å². The van der Waals surface area contributed by atoms with Crippen LogP contribution in [0.3, 0.4) is 0 Å². The fraction of sp³-hybridized carbons (Fsp3) is 0.120. The van der Waals surface area contributed by atoms with Crippen molar-refractivity contribution in [2.45, 2.75) is 13.5 Å². The first-order valence-corrected chi connectivity index (χ1v) is 11.8. The Labute approximate surface area is 216 Å². The van der Waals surface area contributed by atoms with Crippen LogP contribution in [-0.2, 0) is 11.4 Å². The highest BCUT2D eigenvalue weighted by molar-refractivity contribution is 14.1. The molecule has 0 aliphatic heterocycles. The molecule has 8 heteroatoms. The number of ether oxygens (including phenoxy) is 2. The smallest absolute Gasteiger partial charge is 0.266 e. The highest BCUT2D eigenvalue weighted by Gasteiger charge is 2.15. The summed E-state index contributed by atoms with van der Waals surface area (Å²) < 4.78 is 12.6. The number of nitriles is 1. The number of anilines is 1. The van der Waals surface area contributed by atoms with E-state index in [0.29, 0.717) is 46.0 Å². The molecule has 33 heavy (non-hydrogen) atoms. The Morgan fingerprint density at radius 3 is 2.30 bits per heavy atom. The highest BCUT2D eigenvalue weighted by Crippen LogP contribution is 2.35. The fourth-order valence-electron chi connectivity index (χ4n) is 2.86. The molecule has 0 aromatic heterocycles. The largest absolute Gasteiger partial charge is 0.490 e. The average molecular weight is 593 g/mol. The molecule has 0 saturated heterocycles. The van der Waals surface area contributed by atoms with Crippen molar-refractivity contribution in [3.05, 3.63) is 91.0 Å². The van der Waals surface area contributed by atoms with Crippen LogP contribution in [0.1, 0.15) is 18.1 Å². The van der Waals surface area contributed by atoms with Gasteiger partial charge in [0.05, 0.1) is 10.2 Å². The summed E-state index contributed by atoms with van der Waals surface area (Å²) in [5, 5.41) is 13.4. The van der Waals surface area contributed by atoms with Gasteiger partial charge in [-0.05, 0) is 95.2 Å². The number of rotatable bonds is 8. The first-order chi connectivity index (χ1) is 15.9. The van der Waals surface area contributed by atoms with E-state index in [1.54, 1.807) is 42.5 Å². The first kappa shape index (κ1) is 24.9. The molecular weight excluding hydrogens is 574 g/mol. The van der Waals surface area contributed by atoms with E-state index in [4.69, 9.17) is 32.7 Å². The van der Waals surface area contributed by atoms with E-state index in [9.17, 15) is 10.1 Å². The number of benzene rings is 3. The van der Waals surface area contributed by atoms with Crippen molar-refractivity contribution in [2.24, 2.45) is 0 Å². The van der Waals surface area contributed by atoms with Gasteiger partial charge in [-0.3, -0.25) is 4.79 Å². The summed E-state index contributed by atoms with van der Waals surface area (Å²) in [4.78, 5) is 12.6. The van der Waals surface area contributed by atoms with Crippen molar-refractivity contribution >= 4 is 63.5 Å². The van der Waals surface area contributed by atoms with E-state index in [0.717, 1.165) is 9.13 Å². The monoisotopic (exact) mass is 592 g/mol. The zero-order chi connectivity index (χ0) is 23.8. The molecular formula is C25H19Cl2IN2O3. The highest BCUT2D eigenvalue weighted by atomic mass is 127. The average Bonchev–Trinajstić information content (AvgIpc) is 2.79. The second kappa shape index (κ2) is 11.9. The second-order valence-corrected chi connectivity index (χ2v) is 8.84. The molecule has 1 N–H and O–H groups in total. The zero-order valence-corrected chi connectivity index (χ0v) is 21.2. The number of hydrogen-bond donors (Lipinski definition) is 1. The summed E-state index contributed by atoms with van der Waals surface area (Å²) in [6.07, 6.45) is 1.51. The van der Waals surface area contributed by atoms with Crippen LogP contribution >= 0.6 is 45.8 Å². The molecule has 168 valence electrons. The molecule has 1 amide bonds. The van der Waals surface area contributed by atoms with Gasteiger partial charge < -0.3 is 14.8 Å². The molecule has 3 aromatic carbocycles. The number of hydrogen-bond acceptors (Lipinski definition) is 4. The fourth-order valence-corrected chi connectivity index (χ4v) is 3.89. The summed E-state index contributed by atoms with van der Waals surface area (Å²) in [5.74, 6) is 0.601. The molecule has 0 spiro atoms. The molecule has 0 unspecified atom stereocenters. The summed E-state index contributed by atoms with van der Waals surface area (Å²) in [7, 11) is 0. The normalized spacial score (nSPS) is 10.9. The van der Waals surface area contributed by atoms with Crippen LogP contribution in [0.25, 0.3) is 6.08 Å². The van der Waals surface area contributed by atoms with Crippen molar-refractivity contribution in [1.82, 2.24) is 0 Å². The lowest BCUT2D eigenvalue weighted by molar-refractivity contribution is -0.112. The SMILES string of the molecule is CCOc1cc(/C=C(/C#N)C(=O)Nc2ccc(Cl)cc2)cc(I)c1OCc1ccc(Cl)cc1. The molecule has 0 saturated carbocycles. The molecule has 3 aromatic rings. The van der Waals surface area contributed by atoms with Gasteiger partial charge in [0, 0.05) is 15.7 Å². The van der Waals surface area contributed by atoms with E-state index in [1.165, 1.54) is 6.08 Å². The second-order valence-electron chi connectivity index (χ2n) is 6.81. The number of halogens is 3. The number of nitrogens with one attached hydrogen (secondary N) is 1. The Bertz CT molecular complexity index is 1200. The third kappa shape index (κ3) is 7.13. The Morgan fingerprint density at radius 2 is 1.70 bits per heavy atom. The Kier molecular flexibility index (Phi) is 9.01. The van der Waals surface area contributed by atoms with Gasteiger partial charge in [-0.15, -0.1) is 0 Å². The van der Waals surface area contributed by atoms with Crippen LogP contribution in [0.4, 0.5) is 5.69 Å². The minimum absolute atomic E-state index is 0.0435. The van der Waals surface area contributed by atoms with Crippen molar-refractivity contribution in [1.29, 1.82) is 5.26 Å². The summed E-state index contributed by atoms with van der Waals surface area (Å²) in [6, 6.07) is 19.6. The molecule has 0 heterocycles. The summed E-state index contributed by atoms with van der Waals surface area (Å²) >= 11 is 14.0. The van der Waals surface area contributed by atoms with Crippen molar-refractivity contribution in [3.8, 4) is 17.6 Å². The van der Waals surface area contributed by atoms with Gasteiger partial charge in [0.15, 0.2) is 11.5 Å². The maximum Gasteiger partial charge on any atom is 0.266 e. The van der Waals surface area contributed by atoms with E-state index < -0.39 is 5.91 Å². The standard InChI is InChI=1S/C25H19Cl2IN2O3/c1-2-32-23-13-17(11-18(14-29)25(31)30-21-9-7-20(27)8-10-21)12-22(28)24(23)33-15-16-3-5-19(26)6-4-16/h3-13H,2,15H2,1H3,(H,30,31)/b18-11-. The van der Waals surface area contributed by atoms with Crippen molar-refractivity contribution in [3.63, 3.8) is 0 Å². The molecule has 0 bridgehead atoms. The van der Waals surface area contributed by atoms with Crippen LogP contribution in [0, 0.1) is 14.9 Å². The van der Waals surface area contributed by atoms with Gasteiger partial charge in [-0.2, -0.15) is 5.26 Å². The number of carbonyl (C=O) groups excluding carboxylic acids is 1. The minimum Gasteiger partial charge on any atom is -0.490 e. The Hall–Kier alpha value is -2.73. The topological polar surface area (TPSA) is 71.3 Å². The van der Waals surface area contributed by atoms with Crippen LogP contribution in [0.5, 0.6) is 11.5 Å². The number of amides is 1. The third-order valence-corrected chi connectivity index (χ3v) is 5.71. The van der Waals surface area contributed by atoms with Crippen LogP contribution in [0.15, 0.2) is 66.2 Å². The third-order valence-electron chi connectivity index (χ3n) is 4.41. The zero-order valence-electron chi connectivity index (χ0n) is 17.6. The number of carbonyl (C=O) groups is 1. The molecule has 0 aliphatic carbocycles. The molecule has 0 fully saturated rings. The Morgan fingerprint density at radius 1 is 1.06 bits per heavy atom. The summed E-state index contributed by atoms with van der Waals surface area (Å²) in [6.45, 7) is 2.65. The molecule has 0 aliphatic rings. The van der Waals surface area contributed by atoms with Gasteiger partial charge in [-0.25, -0.2) is 0 Å². The predicted octanol–water partition coefficient (Wildman–Crippen LogP) is 7.12. The molecule has 5 nitrogen and oxygen atoms in total. The minimum atomic E-state index is -0.518. The lowest BCUT2D eigenvalue weighted by Gasteiger charge is -2.15. The maximum atomic E-state index is 12.6. The van der Waals surface area contributed by atoms with E-state index in [-0.39, 0.29) is 5.57 Å². The quantitative estimate of drug-likeness (QED) is 0.172. The maximum absolute atomic E-state index is 12.6. The molecule has 0 radical (unpaired) electrons. The van der Waals surface area contributed by atoms with Crippen LogP contribution < -0.4 is 14.8 Å². The van der Waals surface area contributed by atoms with E-state index in [2.05, 4.69) is 27.9 Å². The number of nitrogens with zero attached hydrogens (tertiary/aromatic N) is 1. The molecule has 0 atom stereocenters. The van der Waals surface area contributed by atoms with Crippen molar-refractivity contribution in [2.75, 3.05) is 11.9 Å². The van der Waals surface area contributed by atoms with Crippen LogP contribution in [0.2, 0.25) is 10.0 Å². The Balaban J connectivity index is 1.83. The van der Waals surface area contributed by atoms with Gasteiger partial charge in [0.2, 0.25) is 0 Å². The van der Waals surface area contributed by atoms with E-state index >= 15 is 0 Å². The summed E-state index contributed by atoms with van der Waals surface area (Å²) in [5.41, 5.74) is 2.11. The van der Waals surface area contributed by atoms with Crippen molar-refractivity contribution < 1.29 is 14.3 Å². The van der Waals surface area contributed by atoms with Gasteiger partial charge >= 0.3 is 0 Å². The lowest BCUT2D eigenvalue weighted by Crippen LogP contribution is -2.13. The van der Waals surface area contributed by atoms with E-state index in [1.807, 2.05) is 31.2 Å². The molecule has 3 rings (SSSR count). The first-order valence-electron chi connectivity index (χ1n) is 9.92. The van der Waals surface area contributed by atoms with Gasteiger partial charge in [0.25, 0.3) is 5.91 Å². The lowest BCUT2D eigenvalue weighted by atomic mass is 10.1.